The van der Waals surface area contributed by atoms with Gasteiger partial charge in [0, 0.05) is 33.7 Å². The van der Waals surface area contributed by atoms with Crippen LogP contribution in [0.3, 0.4) is 0 Å². The number of aromatic nitrogens is 2. The van der Waals surface area contributed by atoms with Gasteiger partial charge < -0.3 is 9.47 Å². The van der Waals surface area contributed by atoms with E-state index in [0.717, 1.165) is 67.1 Å². The number of rotatable bonds is 9. The van der Waals surface area contributed by atoms with Crippen LogP contribution in [0.4, 0.5) is 17.1 Å². The molecule has 0 bridgehead atoms. The van der Waals surface area contributed by atoms with Gasteiger partial charge in [0.1, 0.15) is 0 Å². The molecule has 0 aliphatic rings. The van der Waals surface area contributed by atoms with E-state index in [2.05, 4.69) is 252 Å². The van der Waals surface area contributed by atoms with Crippen LogP contribution in [-0.2, 0) is 0 Å². The minimum absolute atomic E-state index is 0.973. The lowest BCUT2D eigenvalue weighted by Gasteiger charge is -2.26. The van der Waals surface area contributed by atoms with Crippen LogP contribution in [0.1, 0.15) is 0 Å². The Balaban J connectivity index is 0.934. The van der Waals surface area contributed by atoms with Crippen LogP contribution in [0.2, 0.25) is 0 Å². The van der Waals surface area contributed by atoms with Gasteiger partial charge in [-0.25, -0.2) is 4.98 Å². The molecule has 3 heteroatoms. The van der Waals surface area contributed by atoms with Gasteiger partial charge in [0.05, 0.1) is 22.2 Å². The Hall–Kier alpha value is -8.27. The van der Waals surface area contributed by atoms with E-state index in [0.29, 0.717) is 0 Å². The molecule has 0 saturated carbocycles. The number of anilines is 3. The summed E-state index contributed by atoms with van der Waals surface area (Å²) >= 11 is 0. The lowest BCUT2D eigenvalue weighted by Crippen LogP contribution is -2.09. The maximum atomic E-state index is 5.20. The zero-order valence-corrected chi connectivity index (χ0v) is 34.0. The predicted octanol–water partition coefficient (Wildman–Crippen LogP) is 16.0. The van der Waals surface area contributed by atoms with Gasteiger partial charge in [-0.2, -0.15) is 0 Å². The Labute approximate surface area is 362 Å². The molecule has 0 spiro atoms. The van der Waals surface area contributed by atoms with E-state index in [1.807, 2.05) is 6.07 Å². The van der Waals surface area contributed by atoms with Crippen LogP contribution in [0, 0.1) is 0 Å². The highest BCUT2D eigenvalue weighted by atomic mass is 15.1. The number of benzene rings is 9. The van der Waals surface area contributed by atoms with Crippen molar-refractivity contribution in [3.63, 3.8) is 0 Å². The summed E-state index contributed by atoms with van der Waals surface area (Å²) in [5, 5.41) is 1.14. The van der Waals surface area contributed by atoms with Gasteiger partial charge in [-0.1, -0.05) is 182 Å². The average molecular weight is 792 g/mol. The van der Waals surface area contributed by atoms with E-state index in [9.17, 15) is 0 Å². The first-order valence-corrected chi connectivity index (χ1v) is 21.1. The van der Waals surface area contributed by atoms with Crippen molar-refractivity contribution in [2.75, 3.05) is 4.90 Å². The van der Waals surface area contributed by atoms with E-state index >= 15 is 0 Å². The van der Waals surface area contributed by atoms with Crippen LogP contribution in [0.15, 0.2) is 249 Å². The fourth-order valence-electron chi connectivity index (χ4n) is 8.67. The molecule has 0 amide bonds. The first-order chi connectivity index (χ1) is 30.7. The van der Waals surface area contributed by atoms with E-state index in [1.165, 1.54) is 33.4 Å². The van der Waals surface area contributed by atoms with Crippen LogP contribution >= 0.6 is 0 Å². The molecule has 3 nitrogen and oxygen atoms in total. The van der Waals surface area contributed by atoms with Crippen molar-refractivity contribution in [3.05, 3.63) is 249 Å². The highest BCUT2D eigenvalue weighted by Crippen LogP contribution is 2.39. The fraction of sp³-hybridized carbons (Fsp3) is 0. The van der Waals surface area contributed by atoms with Gasteiger partial charge in [-0.15, -0.1) is 0 Å². The van der Waals surface area contributed by atoms with Crippen LogP contribution in [0.25, 0.3) is 83.4 Å². The molecule has 0 saturated heterocycles. The Morgan fingerprint density at radius 1 is 0.290 bits per heavy atom. The minimum Gasteiger partial charge on any atom is -0.311 e. The third kappa shape index (κ3) is 7.02. The first kappa shape index (κ1) is 36.8. The van der Waals surface area contributed by atoms with Crippen molar-refractivity contribution in [1.82, 2.24) is 9.55 Å². The van der Waals surface area contributed by atoms with Crippen molar-refractivity contribution in [3.8, 4) is 61.5 Å². The average Bonchev–Trinajstić information content (AvgIpc) is 3.69. The molecule has 0 aliphatic carbocycles. The number of hydrogen-bond acceptors (Lipinski definition) is 2. The molecule has 0 radical (unpaired) electrons. The second-order valence-electron chi connectivity index (χ2n) is 15.6. The SMILES string of the molecule is c1ccc(-c2ccc(-c3ccc(N(c4ccc(-c5ccccc5)cc4)c4ccc(-c5cccc(-n6c7ccccc7c7nc(-c8ccccc8)ccc76)c5)cc4)cc3)cc2)cc1. The van der Waals surface area contributed by atoms with Crippen LogP contribution < -0.4 is 4.90 Å². The summed E-state index contributed by atoms with van der Waals surface area (Å²) in [5.41, 5.74) is 19.2. The highest BCUT2D eigenvalue weighted by Gasteiger charge is 2.17. The van der Waals surface area contributed by atoms with E-state index in [4.69, 9.17) is 4.98 Å². The topological polar surface area (TPSA) is 21.1 Å². The van der Waals surface area contributed by atoms with E-state index in [1.54, 1.807) is 0 Å². The van der Waals surface area contributed by atoms with Crippen molar-refractivity contribution >= 4 is 39.0 Å². The Morgan fingerprint density at radius 2 is 0.694 bits per heavy atom. The molecule has 0 aliphatic heterocycles. The Morgan fingerprint density at radius 3 is 1.21 bits per heavy atom. The summed E-state index contributed by atoms with van der Waals surface area (Å²) in [6.07, 6.45) is 0. The number of pyridine rings is 1. The molecular weight excluding hydrogens is 751 g/mol. The van der Waals surface area contributed by atoms with E-state index < -0.39 is 0 Å². The van der Waals surface area contributed by atoms with Gasteiger partial charge in [-0.3, -0.25) is 0 Å². The molecule has 2 aromatic heterocycles. The molecule has 0 atom stereocenters. The molecule has 0 fully saturated rings. The maximum absolute atomic E-state index is 5.20. The van der Waals surface area contributed by atoms with E-state index in [-0.39, 0.29) is 0 Å². The second kappa shape index (κ2) is 16.1. The molecule has 11 rings (SSSR count). The maximum Gasteiger partial charge on any atom is 0.0970 e. The van der Waals surface area contributed by atoms with Gasteiger partial charge in [0.2, 0.25) is 0 Å². The minimum atomic E-state index is 0.973. The summed E-state index contributed by atoms with van der Waals surface area (Å²) in [6.45, 7) is 0. The van der Waals surface area contributed by atoms with Crippen molar-refractivity contribution in [2.45, 2.75) is 0 Å². The van der Waals surface area contributed by atoms with Gasteiger partial charge in [-0.05, 0) is 111 Å². The normalized spacial score (nSPS) is 11.2. The quantitative estimate of drug-likeness (QED) is 0.145. The molecule has 0 N–H and O–H groups in total. The summed E-state index contributed by atoms with van der Waals surface area (Å²) < 4.78 is 2.34. The lowest BCUT2D eigenvalue weighted by atomic mass is 10.00. The van der Waals surface area contributed by atoms with Gasteiger partial charge in [0.25, 0.3) is 0 Å². The Kier molecular flexibility index (Phi) is 9.53. The second-order valence-corrected chi connectivity index (χ2v) is 15.6. The zero-order chi connectivity index (χ0) is 41.2. The summed E-state index contributed by atoms with van der Waals surface area (Å²) in [4.78, 5) is 7.54. The first-order valence-electron chi connectivity index (χ1n) is 21.1. The fourth-order valence-corrected chi connectivity index (χ4v) is 8.67. The molecule has 11 aromatic rings. The summed E-state index contributed by atoms with van der Waals surface area (Å²) in [7, 11) is 0. The molecule has 62 heavy (non-hydrogen) atoms. The summed E-state index contributed by atoms with van der Waals surface area (Å²) in [5.74, 6) is 0. The number of para-hydroxylation sites is 1. The van der Waals surface area contributed by atoms with Crippen molar-refractivity contribution in [1.29, 1.82) is 0 Å². The third-order valence-electron chi connectivity index (χ3n) is 11.8. The molecule has 2 heterocycles. The largest absolute Gasteiger partial charge is 0.311 e. The highest BCUT2D eigenvalue weighted by molar-refractivity contribution is 6.07. The number of hydrogen-bond donors (Lipinski definition) is 0. The molecular formula is C59H41N3. The van der Waals surface area contributed by atoms with Crippen molar-refractivity contribution in [2.24, 2.45) is 0 Å². The van der Waals surface area contributed by atoms with Crippen LogP contribution in [-0.4, -0.2) is 9.55 Å². The molecule has 9 aromatic carbocycles. The monoisotopic (exact) mass is 791 g/mol. The number of fused-ring (bicyclic) bond motifs is 3. The Bertz CT molecular complexity index is 3280. The zero-order valence-electron chi connectivity index (χ0n) is 34.0. The van der Waals surface area contributed by atoms with Gasteiger partial charge in [0.15, 0.2) is 0 Å². The third-order valence-corrected chi connectivity index (χ3v) is 11.8. The number of nitrogens with zero attached hydrogens (tertiary/aromatic N) is 3. The van der Waals surface area contributed by atoms with Crippen LogP contribution in [0.5, 0.6) is 0 Å². The molecule has 292 valence electrons. The summed E-state index contributed by atoms with van der Waals surface area (Å²) in [6, 6.07) is 88.8. The molecule has 0 unspecified atom stereocenters. The van der Waals surface area contributed by atoms with Crippen molar-refractivity contribution < 1.29 is 0 Å². The standard InChI is InChI=1S/C59H41N3/c1-4-13-42(14-5-1)44-23-25-45(26-24-44)47-29-35-52(36-30-47)61(51-33-27-46(28-34-51)43-15-6-2-7-16-43)53-37-31-48(32-38-53)50-19-12-20-54(41-50)62-57-22-11-10-21-55(57)59-58(62)40-39-56(60-59)49-17-8-3-9-18-49/h1-41H. The predicted molar refractivity (Wildman–Crippen MR) is 260 cm³/mol. The smallest absolute Gasteiger partial charge is 0.0970 e. The lowest BCUT2D eigenvalue weighted by molar-refractivity contribution is 1.18. The van der Waals surface area contributed by atoms with Gasteiger partial charge >= 0.3 is 0 Å².